The van der Waals surface area contributed by atoms with Crippen molar-refractivity contribution in [1.82, 2.24) is 4.90 Å². The number of carbonyl (C=O) groups excluding carboxylic acids is 1. The molecule has 0 aromatic carbocycles. The molecule has 3 heteroatoms. The first-order valence-electron chi connectivity index (χ1n) is 5.66. The number of likely N-dealkylation sites (tertiary alicyclic amines) is 1. The third kappa shape index (κ3) is 3.29. The number of esters is 1. The number of nitrogens with zero attached hydrogens (tertiary/aromatic N) is 1. The Morgan fingerprint density at radius 1 is 1.50 bits per heavy atom. The molecule has 0 aromatic rings. The molecule has 0 aliphatic carbocycles. The predicted molar refractivity (Wildman–Crippen MR) is 56.1 cm³/mol. The van der Waals surface area contributed by atoms with Crippen molar-refractivity contribution in [2.24, 2.45) is 5.92 Å². The van der Waals surface area contributed by atoms with Gasteiger partial charge in [0.25, 0.3) is 0 Å². The quantitative estimate of drug-likeness (QED) is 0.645. The van der Waals surface area contributed by atoms with E-state index < -0.39 is 0 Å². The van der Waals surface area contributed by atoms with E-state index in [1.54, 1.807) is 0 Å². The molecule has 1 aliphatic rings. The molecule has 14 heavy (non-hydrogen) atoms. The van der Waals surface area contributed by atoms with E-state index in [1.165, 1.54) is 0 Å². The van der Waals surface area contributed by atoms with Gasteiger partial charge in [-0.2, -0.15) is 0 Å². The molecular formula is C11H21NO2. The van der Waals surface area contributed by atoms with Gasteiger partial charge in [-0.1, -0.05) is 6.92 Å². The van der Waals surface area contributed by atoms with Gasteiger partial charge in [0.1, 0.15) is 0 Å². The van der Waals surface area contributed by atoms with Gasteiger partial charge in [-0.15, -0.1) is 0 Å². The predicted octanol–water partition coefficient (Wildman–Crippen LogP) is 1.67. The second kappa shape index (κ2) is 6.02. The van der Waals surface area contributed by atoms with Gasteiger partial charge in [0.2, 0.25) is 0 Å². The summed E-state index contributed by atoms with van der Waals surface area (Å²) in [7, 11) is 0. The number of hydrogen-bond acceptors (Lipinski definition) is 3. The Kier molecular flexibility index (Phi) is 4.94. The van der Waals surface area contributed by atoms with Crippen LogP contribution in [0.2, 0.25) is 0 Å². The van der Waals surface area contributed by atoms with Crippen molar-refractivity contribution in [3.05, 3.63) is 0 Å². The zero-order valence-electron chi connectivity index (χ0n) is 9.29. The lowest BCUT2D eigenvalue weighted by molar-refractivity contribution is -0.149. The number of piperidine rings is 1. The highest BCUT2D eigenvalue weighted by Gasteiger charge is 2.25. The summed E-state index contributed by atoms with van der Waals surface area (Å²) < 4.78 is 5.04. The third-order valence-corrected chi connectivity index (χ3v) is 2.67. The lowest BCUT2D eigenvalue weighted by Crippen LogP contribution is -2.39. The van der Waals surface area contributed by atoms with Gasteiger partial charge in [-0.3, -0.25) is 4.79 Å². The first kappa shape index (κ1) is 11.5. The molecule has 0 radical (unpaired) electrons. The normalized spacial score (nSPS) is 23.4. The second-order valence-corrected chi connectivity index (χ2v) is 3.89. The van der Waals surface area contributed by atoms with E-state index >= 15 is 0 Å². The van der Waals surface area contributed by atoms with Crippen molar-refractivity contribution in [2.75, 3.05) is 26.2 Å². The molecule has 1 rings (SSSR count). The fourth-order valence-corrected chi connectivity index (χ4v) is 2.03. The van der Waals surface area contributed by atoms with E-state index in [2.05, 4.69) is 11.8 Å². The standard InChI is InChI=1S/C11H21NO2/c1-3-7-12-8-5-6-10(9-12)11(13)14-4-2/h10H,3-9H2,1-2H3/t10-/m0/s1. The zero-order chi connectivity index (χ0) is 10.4. The average Bonchev–Trinajstić information content (AvgIpc) is 2.19. The fraction of sp³-hybridized carbons (Fsp3) is 0.909. The summed E-state index contributed by atoms with van der Waals surface area (Å²) in [6.45, 7) is 7.69. The van der Waals surface area contributed by atoms with Crippen LogP contribution in [-0.4, -0.2) is 37.1 Å². The topological polar surface area (TPSA) is 29.5 Å². The van der Waals surface area contributed by atoms with Crippen LogP contribution >= 0.6 is 0 Å². The summed E-state index contributed by atoms with van der Waals surface area (Å²) in [4.78, 5) is 13.9. The van der Waals surface area contributed by atoms with Crippen LogP contribution in [0.15, 0.2) is 0 Å². The van der Waals surface area contributed by atoms with Gasteiger partial charge in [0.05, 0.1) is 12.5 Å². The van der Waals surface area contributed by atoms with Crippen LogP contribution in [0, 0.1) is 5.92 Å². The van der Waals surface area contributed by atoms with Gasteiger partial charge in [0, 0.05) is 6.54 Å². The van der Waals surface area contributed by atoms with Crippen LogP contribution in [0.1, 0.15) is 33.1 Å². The maximum Gasteiger partial charge on any atom is 0.310 e. The van der Waals surface area contributed by atoms with Crippen molar-refractivity contribution < 1.29 is 9.53 Å². The van der Waals surface area contributed by atoms with E-state index in [1.807, 2.05) is 6.92 Å². The van der Waals surface area contributed by atoms with E-state index in [9.17, 15) is 4.79 Å². The molecule has 1 heterocycles. The van der Waals surface area contributed by atoms with Gasteiger partial charge >= 0.3 is 5.97 Å². The minimum atomic E-state index is -0.00620. The Labute approximate surface area is 86.4 Å². The van der Waals surface area contributed by atoms with Gasteiger partial charge < -0.3 is 9.64 Å². The molecule has 1 fully saturated rings. The maximum atomic E-state index is 11.5. The minimum Gasteiger partial charge on any atom is -0.466 e. The summed E-state index contributed by atoms with van der Waals surface area (Å²) >= 11 is 0. The van der Waals surface area contributed by atoms with Crippen LogP contribution < -0.4 is 0 Å². The van der Waals surface area contributed by atoms with Crippen LogP contribution in [0.5, 0.6) is 0 Å². The Balaban J connectivity index is 2.35. The molecule has 0 aromatic heterocycles. The van der Waals surface area contributed by atoms with E-state index in [0.717, 1.165) is 38.9 Å². The lowest BCUT2D eigenvalue weighted by Gasteiger charge is -2.31. The van der Waals surface area contributed by atoms with Crippen molar-refractivity contribution in [1.29, 1.82) is 0 Å². The fourth-order valence-electron chi connectivity index (χ4n) is 2.03. The first-order valence-corrected chi connectivity index (χ1v) is 5.66. The highest BCUT2D eigenvalue weighted by atomic mass is 16.5. The Hall–Kier alpha value is -0.570. The maximum absolute atomic E-state index is 11.5. The molecule has 3 nitrogen and oxygen atoms in total. The van der Waals surface area contributed by atoms with E-state index in [0.29, 0.717) is 6.61 Å². The summed E-state index contributed by atoms with van der Waals surface area (Å²) in [5.41, 5.74) is 0. The number of ether oxygens (including phenoxy) is 1. The molecule has 82 valence electrons. The smallest absolute Gasteiger partial charge is 0.310 e. The Morgan fingerprint density at radius 3 is 2.93 bits per heavy atom. The first-order chi connectivity index (χ1) is 6.77. The highest BCUT2D eigenvalue weighted by molar-refractivity contribution is 5.72. The number of carbonyl (C=O) groups is 1. The summed E-state index contributed by atoms with van der Waals surface area (Å²) in [5.74, 6) is 0.114. The SMILES string of the molecule is CCCN1CCC[C@H](C(=O)OCC)C1. The molecule has 0 spiro atoms. The summed E-state index contributed by atoms with van der Waals surface area (Å²) in [6.07, 6.45) is 3.29. The van der Waals surface area contributed by atoms with E-state index in [-0.39, 0.29) is 11.9 Å². The molecule has 0 amide bonds. The van der Waals surface area contributed by atoms with Crippen LogP contribution in [0.25, 0.3) is 0 Å². The largest absolute Gasteiger partial charge is 0.466 e. The minimum absolute atomic E-state index is 0.00620. The molecule has 0 saturated carbocycles. The number of hydrogen-bond donors (Lipinski definition) is 0. The molecule has 1 atom stereocenters. The Morgan fingerprint density at radius 2 is 2.29 bits per heavy atom. The van der Waals surface area contributed by atoms with Crippen molar-refractivity contribution in [3.63, 3.8) is 0 Å². The average molecular weight is 199 g/mol. The monoisotopic (exact) mass is 199 g/mol. The van der Waals surface area contributed by atoms with Crippen molar-refractivity contribution >= 4 is 5.97 Å². The van der Waals surface area contributed by atoms with Crippen LogP contribution in [0.3, 0.4) is 0 Å². The third-order valence-electron chi connectivity index (χ3n) is 2.67. The summed E-state index contributed by atoms with van der Waals surface area (Å²) in [6, 6.07) is 0. The highest BCUT2D eigenvalue weighted by Crippen LogP contribution is 2.17. The number of rotatable bonds is 4. The molecular weight excluding hydrogens is 178 g/mol. The van der Waals surface area contributed by atoms with Gasteiger partial charge in [-0.05, 0) is 39.3 Å². The van der Waals surface area contributed by atoms with E-state index in [4.69, 9.17) is 4.74 Å². The molecule has 0 bridgehead atoms. The zero-order valence-corrected chi connectivity index (χ0v) is 9.29. The second-order valence-electron chi connectivity index (χ2n) is 3.89. The molecule has 1 saturated heterocycles. The Bertz CT molecular complexity index is 180. The van der Waals surface area contributed by atoms with Crippen molar-refractivity contribution in [2.45, 2.75) is 33.1 Å². The van der Waals surface area contributed by atoms with Gasteiger partial charge in [0.15, 0.2) is 0 Å². The lowest BCUT2D eigenvalue weighted by atomic mass is 9.98. The molecule has 0 N–H and O–H groups in total. The molecule has 0 unspecified atom stereocenters. The summed E-state index contributed by atoms with van der Waals surface area (Å²) in [5, 5.41) is 0. The van der Waals surface area contributed by atoms with Crippen LogP contribution in [-0.2, 0) is 9.53 Å². The van der Waals surface area contributed by atoms with Crippen LogP contribution in [0.4, 0.5) is 0 Å². The van der Waals surface area contributed by atoms with Gasteiger partial charge in [-0.25, -0.2) is 0 Å². The van der Waals surface area contributed by atoms with Crippen molar-refractivity contribution in [3.8, 4) is 0 Å². The molecule has 1 aliphatic heterocycles.